The molecule has 3 atom stereocenters. The lowest BCUT2D eigenvalue weighted by Gasteiger charge is -2.56. The molecular formula is C30H33N3O3S. The molecule has 0 aliphatic carbocycles. The van der Waals surface area contributed by atoms with Crippen LogP contribution >= 0.6 is 12.2 Å². The Labute approximate surface area is 224 Å². The number of thiocarbonyl (C=S) groups is 1. The number of benzene rings is 3. The molecule has 0 spiro atoms. The van der Waals surface area contributed by atoms with Crippen molar-refractivity contribution in [2.45, 2.75) is 52.8 Å². The Morgan fingerprint density at radius 1 is 1.14 bits per heavy atom. The number of amides is 1. The maximum absolute atomic E-state index is 14.1. The number of anilines is 2. The van der Waals surface area contributed by atoms with Crippen LogP contribution in [0.15, 0.2) is 60.7 Å². The van der Waals surface area contributed by atoms with Gasteiger partial charge in [-0.25, -0.2) is 0 Å². The van der Waals surface area contributed by atoms with Crippen LogP contribution in [0, 0.1) is 19.8 Å². The van der Waals surface area contributed by atoms with E-state index in [0.717, 1.165) is 34.5 Å². The van der Waals surface area contributed by atoms with Crippen molar-refractivity contribution in [2.75, 3.05) is 16.8 Å². The first-order valence-corrected chi connectivity index (χ1v) is 13.2. The van der Waals surface area contributed by atoms with Crippen LogP contribution in [0.3, 0.4) is 0 Å². The molecule has 0 saturated carbocycles. The van der Waals surface area contributed by atoms with Gasteiger partial charge >= 0.3 is 0 Å². The van der Waals surface area contributed by atoms with Gasteiger partial charge in [0.25, 0.3) is 0 Å². The third-order valence-electron chi connectivity index (χ3n) is 7.31. The van der Waals surface area contributed by atoms with Crippen molar-refractivity contribution >= 4 is 34.6 Å². The van der Waals surface area contributed by atoms with Crippen LogP contribution in [0.1, 0.15) is 49.1 Å². The van der Waals surface area contributed by atoms with Gasteiger partial charge in [-0.2, -0.15) is 0 Å². The SMILES string of the molecule is CCOc1cccc2c1OC1(C)C(C(=O)Nc3ccc(C)cc3C)C2NC(=S)N1c1ccc(CC)cc1. The van der Waals surface area contributed by atoms with Crippen LogP contribution in [-0.4, -0.2) is 23.4 Å². The number of hydrogen-bond donors (Lipinski definition) is 2. The van der Waals surface area contributed by atoms with E-state index in [1.807, 2.05) is 75.1 Å². The number of nitrogens with one attached hydrogen (secondary N) is 2. The van der Waals surface area contributed by atoms with Gasteiger partial charge in [-0.15, -0.1) is 0 Å². The third kappa shape index (κ3) is 4.31. The molecule has 1 amide bonds. The van der Waals surface area contributed by atoms with Gasteiger partial charge in [0.2, 0.25) is 5.91 Å². The molecule has 2 aliphatic heterocycles. The largest absolute Gasteiger partial charge is 0.490 e. The fraction of sp³-hybridized carbons (Fsp3) is 0.333. The summed E-state index contributed by atoms with van der Waals surface area (Å²) in [5.74, 6) is 0.533. The van der Waals surface area contributed by atoms with Crippen molar-refractivity contribution < 1.29 is 14.3 Å². The fourth-order valence-electron chi connectivity index (χ4n) is 5.47. The topological polar surface area (TPSA) is 62.8 Å². The predicted molar refractivity (Wildman–Crippen MR) is 151 cm³/mol. The van der Waals surface area contributed by atoms with Crippen LogP contribution < -0.4 is 25.0 Å². The molecular weight excluding hydrogens is 482 g/mol. The van der Waals surface area contributed by atoms with Gasteiger partial charge in [-0.1, -0.05) is 48.9 Å². The van der Waals surface area contributed by atoms with Crippen molar-refractivity contribution in [3.8, 4) is 11.5 Å². The predicted octanol–water partition coefficient (Wildman–Crippen LogP) is 6.06. The lowest BCUT2D eigenvalue weighted by atomic mass is 9.78. The number of rotatable bonds is 6. The van der Waals surface area contributed by atoms with E-state index in [4.69, 9.17) is 21.7 Å². The minimum absolute atomic E-state index is 0.142. The van der Waals surface area contributed by atoms with Gasteiger partial charge in [0.1, 0.15) is 5.92 Å². The second kappa shape index (κ2) is 9.71. The molecule has 2 heterocycles. The molecule has 2 N–H and O–H groups in total. The van der Waals surface area contributed by atoms with E-state index in [1.165, 1.54) is 5.56 Å². The summed E-state index contributed by atoms with van der Waals surface area (Å²) < 4.78 is 12.7. The molecule has 3 aromatic carbocycles. The van der Waals surface area contributed by atoms with E-state index in [2.05, 4.69) is 35.8 Å². The summed E-state index contributed by atoms with van der Waals surface area (Å²) in [4.78, 5) is 16.0. The molecule has 1 saturated heterocycles. The highest BCUT2D eigenvalue weighted by molar-refractivity contribution is 7.80. The number of hydrogen-bond acceptors (Lipinski definition) is 4. The van der Waals surface area contributed by atoms with Gasteiger partial charge < -0.3 is 20.1 Å². The Hall–Kier alpha value is -3.58. The summed E-state index contributed by atoms with van der Waals surface area (Å²) in [5.41, 5.74) is 4.77. The van der Waals surface area contributed by atoms with Crippen LogP contribution in [0.25, 0.3) is 0 Å². The summed E-state index contributed by atoms with van der Waals surface area (Å²) in [6, 6.07) is 19.7. The van der Waals surface area contributed by atoms with E-state index >= 15 is 0 Å². The second-order valence-electron chi connectivity index (χ2n) is 9.83. The third-order valence-corrected chi connectivity index (χ3v) is 7.61. The van der Waals surface area contributed by atoms with Gasteiger partial charge in [-0.05, 0) is 81.7 Å². The number of ether oxygens (including phenoxy) is 2. The maximum Gasteiger partial charge on any atom is 0.236 e. The Kier molecular flexibility index (Phi) is 6.58. The Morgan fingerprint density at radius 2 is 1.89 bits per heavy atom. The summed E-state index contributed by atoms with van der Waals surface area (Å²) in [6.45, 7) is 10.6. The molecule has 0 radical (unpaired) electrons. The van der Waals surface area contributed by atoms with Gasteiger partial charge in [-0.3, -0.25) is 9.69 Å². The number of carbonyl (C=O) groups is 1. The average molecular weight is 516 g/mol. The molecule has 6 nitrogen and oxygen atoms in total. The molecule has 3 unspecified atom stereocenters. The number of para-hydroxylation sites is 1. The lowest BCUT2D eigenvalue weighted by molar-refractivity contribution is -0.130. The first kappa shape index (κ1) is 25.1. The molecule has 2 aliphatic rings. The highest BCUT2D eigenvalue weighted by atomic mass is 32.1. The molecule has 5 rings (SSSR count). The molecule has 37 heavy (non-hydrogen) atoms. The zero-order valence-electron chi connectivity index (χ0n) is 21.9. The van der Waals surface area contributed by atoms with Crippen LogP contribution in [0.2, 0.25) is 0 Å². The van der Waals surface area contributed by atoms with Gasteiger partial charge in [0.15, 0.2) is 22.3 Å². The van der Waals surface area contributed by atoms with Crippen molar-refractivity contribution in [3.05, 3.63) is 82.9 Å². The molecule has 0 aromatic heterocycles. The molecule has 1 fully saturated rings. The van der Waals surface area contributed by atoms with Crippen molar-refractivity contribution in [1.82, 2.24) is 5.32 Å². The summed E-state index contributed by atoms with van der Waals surface area (Å²) >= 11 is 5.89. The maximum atomic E-state index is 14.1. The van der Waals surface area contributed by atoms with Crippen LogP contribution in [-0.2, 0) is 11.2 Å². The summed E-state index contributed by atoms with van der Waals surface area (Å²) in [7, 11) is 0. The number of nitrogens with zero attached hydrogens (tertiary/aromatic N) is 1. The van der Waals surface area contributed by atoms with E-state index in [1.54, 1.807) is 0 Å². The van der Waals surface area contributed by atoms with E-state index < -0.39 is 17.7 Å². The highest BCUT2D eigenvalue weighted by Crippen LogP contribution is 2.52. The number of carbonyl (C=O) groups excluding carboxylic acids is 1. The molecule has 7 heteroatoms. The van der Waals surface area contributed by atoms with Crippen LogP contribution in [0.4, 0.5) is 11.4 Å². The normalized spacial score (nSPS) is 22.0. The Balaban J connectivity index is 1.63. The minimum Gasteiger partial charge on any atom is -0.490 e. The smallest absolute Gasteiger partial charge is 0.236 e. The zero-order chi connectivity index (χ0) is 26.3. The van der Waals surface area contributed by atoms with E-state index in [-0.39, 0.29) is 5.91 Å². The Morgan fingerprint density at radius 3 is 2.57 bits per heavy atom. The van der Waals surface area contributed by atoms with Gasteiger partial charge in [0.05, 0.1) is 12.6 Å². The lowest BCUT2D eigenvalue weighted by Crippen LogP contribution is -2.72. The first-order chi connectivity index (χ1) is 17.8. The number of fused-ring (bicyclic) bond motifs is 4. The van der Waals surface area contributed by atoms with E-state index in [0.29, 0.717) is 23.2 Å². The summed E-state index contributed by atoms with van der Waals surface area (Å²) in [6.07, 6.45) is 0.935. The second-order valence-corrected chi connectivity index (χ2v) is 10.2. The van der Waals surface area contributed by atoms with E-state index in [9.17, 15) is 4.79 Å². The molecule has 2 bridgehead atoms. The minimum atomic E-state index is -1.11. The van der Waals surface area contributed by atoms with Crippen molar-refractivity contribution in [3.63, 3.8) is 0 Å². The van der Waals surface area contributed by atoms with Crippen molar-refractivity contribution in [2.24, 2.45) is 5.92 Å². The molecule has 3 aromatic rings. The van der Waals surface area contributed by atoms with Crippen molar-refractivity contribution in [1.29, 1.82) is 0 Å². The first-order valence-electron chi connectivity index (χ1n) is 12.8. The monoisotopic (exact) mass is 515 g/mol. The zero-order valence-corrected chi connectivity index (χ0v) is 22.7. The van der Waals surface area contributed by atoms with Crippen LogP contribution in [0.5, 0.6) is 11.5 Å². The number of aryl methyl sites for hydroxylation is 3. The fourth-order valence-corrected chi connectivity index (χ4v) is 5.89. The quantitative estimate of drug-likeness (QED) is 0.389. The highest BCUT2D eigenvalue weighted by Gasteiger charge is 2.59. The summed E-state index contributed by atoms with van der Waals surface area (Å²) in [5, 5.41) is 7.17. The van der Waals surface area contributed by atoms with Gasteiger partial charge in [0, 0.05) is 16.9 Å². The standard InChI is InChI=1S/C30H33N3O3S/c1-6-20-12-14-21(15-13-20)33-29(37)32-26-22-9-8-10-24(35-7-2)27(22)36-30(33,5)25(26)28(34)31-23-16-11-18(3)17-19(23)4/h8-17,25-26H,6-7H2,1-5H3,(H,31,34)(H,32,37). The average Bonchev–Trinajstić information content (AvgIpc) is 2.86. The Bertz CT molecular complexity index is 1360. The molecule has 192 valence electrons.